The molecule has 0 spiro atoms. The lowest BCUT2D eigenvalue weighted by molar-refractivity contribution is -0.141. The molecular weight excluding hydrogens is 339 g/mol. The van der Waals surface area contributed by atoms with Gasteiger partial charge in [0.1, 0.15) is 5.82 Å². The number of hydrogen-bond acceptors (Lipinski definition) is 4. The van der Waals surface area contributed by atoms with Crippen LogP contribution in [0.1, 0.15) is 45.7 Å². The molecule has 1 aliphatic heterocycles. The van der Waals surface area contributed by atoms with Crippen LogP contribution in [0.2, 0.25) is 0 Å². The first-order valence-electron chi connectivity index (χ1n) is 7.97. The van der Waals surface area contributed by atoms with Crippen LogP contribution in [0, 0.1) is 0 Å². The maximum absolute atomic E-state index is 13.2. The monoisotopic (exact) mass is 361 g/mol. The number of hydrogen-bond donors (Lipinski definition) is 2. The van der Waals surface area contributed by atoms with E-state index < -0.39 is 11.9 Å². The van der Waals surface area contributed by atoms with Crippen molar-refractivity contribution >= 4 is 29.1 Å². The third kappa shape index (κ3) is 4.93. The van der Waals surface area contributed by atoms with Crippen molar-refractivity contribution in [3.8, 4) is 0 Å². The van der Waals surface area contributed by atoms with Crippen LogP contribution in [-0.2, 0) is 6.18 Å². The van der Waals surface area contributed by atoms with Crippen LogP contribution in [0.3, 0.4) is 0 Å². The van der Waals surface area contributed by atoms with Gasteiger partial charge in [0.15, 0.2) is 10.8 Å². The average molecular weight is 361 g/mol. The van der Waals surface area contributed by atoms with Crippen molar-refractivity contribution in [2.24, 2.45) is 0 Å². The second-order valence-electron chi connectivity index (χ2n) is 6.22. The van der Waals surface area contributed by atoms with E-state index in [9.17, 15) is 13.2 Å². The summed E-state index contributed by atoms with van der Waals surface area (Å²) in [6.45, 7) is 6.43. The summed E-state index contributed by atoms with van der Waals surface area (Å²) >= 11 is 5.07. The summed E-state index contributed by atoms with van der Waals surface area (Å²) in [6, 6.07) is 1.20. The molecule has 1 aliphatic rings. The predicted octanol–water partition coefficient (Wildman–Crippen LogP) is 3.57. The standard InChI is InChI=1S/C15H22F3N5S/c1-9(2)19-14(24)22-13-20-11(15(16,17)18)8-12(21-13)23-7-5-4-6-10(23)3/h8-10H,4-7H2,1-3H3,(H2,19,20,21,22,24). The zero-order valence-corrected chi connectivity index (χ0v) is 14.8. The predicted molar refractivity (Wildman–Crippen MR) is 92.2 cm³/mol. The molecule has 1 fully saturated rings. The Morgan fingerprint density at radius 1 is 1.33 bits per heavy atom. The Hall–Kier alpha value is -1.64. The first-order valence-corrected chi connectivity index (χ1v) is 8.38. The third-order valence-electron chi connectivity index (χ3n) is 3.75. The van der Waals surface area contributed by atoms with E-state index in [2.05, 4.69) is 20.6 Å². The van der Waals surface area contributed by atoms with Gasteiger partial charge in [-0.1, -0.05) is 0 Å². The Morgan fingerprint density at radius 3 is 2.62 bits per heavy atom. The molecule has 0 amide bonds. The highest BCUT2D eigenvalue weighted by Crippen LogP contribution is 2.32. The number of nitrogens with zero attached hydrogens (tertiary/aromatic N) is 3. The average Bonchev–Trinajstić information content (AvgIpc) is 2.45. The summed E-state index contributed by atoms with van der Waals surface area (Å²) < 4.78 is 39.5. The molecule has 1 aromatic heterocycles. The van der Waals surface area contributed by atoms with Gasteiger partial charge in [0.25, 0.3) is 0 Å². The minimum Gasteiger partial charge on any atom is -0.360 e. The molecule has 1 aromatic rings. The molecule has 2 heterocycles. The lowest BCUT2D eigenvalue weighted by atomic mass is 10.0. The lowest BCUT2D eigenvalue weighted by Gasteiger charge is -2.34. The number of rotatable bonds is 3. The molecule has 2 rings (SSSR count). The van der Waals surface area contributed by atoms with Crippen LogP contribution in [0.25, 0.3) is 0 Å². The zero-order chi connectivity index (χ0) is 17.9. The number of aromatic nitrogens is 2. The second-order valence-corrected chi connectivity index (χ2v) is 6.63. The molecule has 134 valence electrons. The van der Waals surface area contributed by atoms with Crippen LogP contribution in [0.15, 0.2) is 6.07 Å². The van der Waals surface area contributed by atoms with Gasteiger partial charge in [-0.2, -0.15) is 18.2 Å². The topological polar surface area (TPSA) is 53.1 Å². The van der Waals surface area contributed by atoms with Crippen LogP contribution in [0.4, 0.5) is 24.9 Å². The summed E-state index contributed by atoms with van der Waals surface area (Å²) in [4.78, 5) is 9.71. The lowest BCUT2D eigenvalue weighted by Crippen LogP contribution is -2.39. The number of piperidine rings is 1. The smallest absolute Gasteiger partial charge is 0.360 e. The summed E-state index contributed by atoms with van der Waals surface area (Å²) in [5.41, 5.74) is -0.972. The van der Waals surface area contributed by atoms with E-state index >= 15 is 0 Å². The Kier molecular flexibility index (Phi) is 5.84. The highest BCUT2D eigenvalue weighted by atomic mass is 32.1. The molecule has 9 heteroatoms. The second kappa shape index (κ2) is 7.50. The summed E-state index contributed by atoms with van der Waals surface area (Å²) in [7, 11) is 0. The van der Waals surface area contributed by atoms with Crippen molar-refractivity contribution in [3.05, 3.63) is 11.8 Å². The van der Waals surface area contributed by atoms with Gasteiger partial charge in [0.2, 0.25) is 5.95 Å². The quantitative estimate of drug-likeness (QED) is 0.803. The molecule has 1 unspecified atom stereocenters. The highest BCUT2D eigenvalue weighted by Gasteiger charge is 2.35. The molecule has 0 saturated carbocycles. The van der Waals surface area contributed by atoms with Gasteiger partial charge in [-0.15, -0.1) is 0 Å². The summed E-state index contributed by atoms with van der Waals surface area (Å²) in [5.74, 6) is 0.134. The van der Waals surface area contributed by atoms with E-state index in [1.165, 1.54) is 0 Å². The van der Waals surface area contributed by atoms with Gasteiger partial charge in [0, 0.05) is 24.7 Å². The van der Waals surface area contributed by atoms with E-state index in [-0.39, 0.29) is 29.0 Å². The SMILES string of the molecule is CC(C)NC(=S)Nc1nc(N2CCCCC2C)cc(C(F)(F)F)n1. The molecule has 24 heavy (non-hydrogen) atoms. The van der Waals surface area contributed by atoms with Crippen molar-refractivity contribution < 1.29 is 13.2 Å². The van der Waals surface area contributed by atoms with Crippen molar-refractivity contribution in [1.29, 1.82) is 0 Å². The third-order valence-corrected chi connectivity index (χ3v) is 3.97. The minimum absolute atomic E-state index is 0.0531. The van der Waals surface area contributed by atoms with E-state index in [1.54, 1.807) is 0 Å². The largest absolute Gasteiger partial charge is 0.433 e. The number of thiocarbonyl (C=S) groups is 1. The van der Waals surface area contributed by atoms with E-state index in [0.29, 0.717) is 6.54 Å². The van der Waals surface area contributed by atoms with Crippen LogP contribution >= 0.6 is 12.2 Å². The molecule has 1 atom stereocenters. The van der Waals surface area contributed by atoms with Crippen molar-refractivity contribution in [2.75, 3.05) is 16.8 Å². The van der Waals surface area contributed by atoms with Gasteiger partial charge in [-0.3, -0.25) is 0 Å². The van der Waals surface area contributed by atoms with Gasteiger partial charge < -0.3 is 15.5 Å². The number of anilines is 2. The molecular formula is C15H22F3N5S. The number of alkyl halides is 3. The molecule has 5 nitrogen and oxygen atoms in total. The van der Waals surface area contributed by atoms with Gasteiger partial charge in [-0.25, -0.2) is 4.98 Å². The van der Waals surface area contributed by atoms with Crippen LogP contribution in [0.5, 0.6) is 0 Å². The Labute approximate surface area is 145 Å². The fourth-order valence-electron chi connectivity index (χ4n) is 2.62. The molecule has 0 aromatic carbocycles. The molecule has 1 saturated heterocycles. The van der Waals surface area contributed by atoms with Crippen LogP contribution in [-0.4, -0.2) is 33.7 Å². The Balaban J connectivity index is 2.33. The molecule has 2 N–H and O–H groups in total. The summed E-state index contributed by atoms with van der Waals surface area (Å²) in [6.07, 6.45) is -1.60. The van der Waals surface area contributed by atoms with E-state index in [0.717, 1.165) is 25.3 Å². The summed E-state index contributed by atoms with van der Waals surface area (Å²) in [5, 5.41) is 5.75. The van der Waals surface area contributed by atoms with Crippen molar-refractivity contribution in [3.63, 3.8) is 0 Å². The van der Waals surface area contributed by atoms with Gasteiger partial charge in [-0.05, 0) is 52.3 Å². The zero-order valence-electron chi connectivity index (χ0n) is 13.9. The molecule has 0 bridgehead atoms. The maximum Gasteiger partial charge on any atom is 0.433 e. The van der Waals surface area contributed by atoms with E-state index in [1.807, 2.05) is 25.7 Å². The van der Waals surface area contributed by atoms with Crippen molar-refractivity contribution in [2.45, 2.75) is 58.3 Å². The first-order chi connectivity index (χ1) is 11.2. The maximum atomic E-state index is 13.2. The first kappa shape index (κ1) is 18.7. The fourth-order valence-corrected chi connectivity index (χ4v) is 2.95. The molecule has 0 aliphatic carbocycles. The minimum atomic E-state index is -4.54. The van der Waals surface area contributed by atoms with E-state index in [4.69, 9.17) is 12.2 Å². The highest BCUT2D eigenvalue weighted by molar-refractivity contribution is 7.80. The fraction of sp³-hybridized carbons (Fsp3) is 0.667. The van der Waals surface area contributed by atoms with Gasteiger partial charge in [0.05, 0.1) is 0 Å². The normalized spacial score (nSPS) is 18.6. The Bertz CT molecular complexity index is 591. The number of nitrogens with one attached hydrogen (secondary N) is 2. The van der Waals surface area contributed by atoms with Gasteiger partial charge >= 0.3 is 6.18 Å². The van der Waals surface area contributed by atoms with Crippen LogP contribution < -0.4 is 15.5 Å². The number of halogens is 3. The Morgan fingerprint density at radius 2 is 2.04 bits per heavy atom. The molecule has 0 radical (unpaired) electrons. The van der Waals surface area contributed by atoms with Crippen molar-refractivity contribution in [1.82, 2.24) is 15.3 Å².